The molecule has 7 nitrogen and oxygen atoms in total. The van der Waals surface area contributed by atoms with Gasteiger partial charge in [-0.25, -0.2) is 0 Å². The lowest BCUT2D eigenvalue weighted by Gasteiger charge is -2.16. The van der Waals surface area contributed by atoms with Crippen LogP contribution in [0.25, 0.3) is 0 Å². The highest BCUT2D eigenvalue weighted by molar-refractivity contribution is 6.69. The lowest BCUT2D eigenvalue weighted by Crippen LogP contribution is -2.27. The lowest BCUT2D eigenvalue weighted by atomic mass is 10.2. The van der Waals surface area contributed by atoms with Gasteiger partial charge >= 0.3 is 0 Å². The largest absolute Gasteiger partial charge is 0.415 e. The van der Waals surface area contributed by atoms with Crippen molar-refractivity contribution in [2.45, 2.75) is 52.2 Å². The molecule has 8 heteroatoms. The van der Waals surface area contributed by atoms with Crippen molar-refractivity contribution in [1.82, 2.24) is 0 Å². The molecular formula is C21H46O7Si. The number of rotatable bonds is 24. The molecule has 0 aromatic rings. The van der Waals surface area contributed by atoms with Crippen molar-refractivity contribution in [2.75, 3.05) is 85.9 Å². The van der Waals surface area contributed by atoms with Gasteiger partial charge in [0, 0.05) is 6.61 Å². The van der Waals surface area contributed by atoms with E-state index in [-0.39, 0.29) is 0 Å². The molecular weight excluding hydrogens is 392 g/mol. The van der Waals surface area contributed by atoms with Crippen molar-refractivity contribution in [3.63, 3.8) is 0 Å². The first kappa shape index (κ1) is 28.9. The second-order valence-electron chi connectivity index (χ2n) is 7.70. The van der Waals surface area contributed by atoms with Crippen molar-refractivity contribution in [2.24, 2.45) is 0 Å². The van der Waals surface area contributed by atoms with E-state index in [1.807, 2.05) is 0 Å². The standard InChI is InChI=1S/C21H46O7Si/c1-5-6-7-8-9-22-10-11-23-12-13-24-14-15-25-16-17-26-18-19-27-20-21-28-29(2,3)4/h5-21H2,1-4H3. The van der Waals surface area contributed by atoms with Crippen LogP contribution < -0.4 is 0 Å². The highest BCUT2D eigenvalue weighted by atomic mass is 28.4. The summed E-state index contributed by atoms with van der Waals surface area (Å²) in [5.41, 5.74) is 0. The van der Waals surface area contributed by atoms with Gasteiger partial charge in [-0.05, 0) is 26.1 Å². The van der Waals surface area contributed by atoms with Crippen LogP contribution in [0.1, 0.15) is 32.6 Å². The van der Waals surface area contributed by atoms with Gasteiger partial charge in [0.2, 0.25) is 0 Å². The van der Waals surface area contributed by atoms with E-state index in [1.165, 1.54) is 19.3 Å². The molecule has 0 aliphatic carbocycles. The van der Waals surface area contributed by atoms with Gasteiger partial charge in [-0.2, -0.15) is 0 Å². The van der Waals surface area contributed by atoms with Crippen LogP contribution in [0.2, 0.25) is 19.6 Å². The second kappa shape index (κ2) is 22.6. The molecule has 0 spiro atoms. The van der Waals surface area contributed by atoms with Crippen LogP contribution >= 0.6 is 0 Å². The molecule has 29 heavy (non-hydrogen) atoms. The molecule has 176 valence electrons. The maximum absolute atomic E-state index is 5.70. The minimum absolute atomic E-state index is 0.564. The molecule has 0 N–H and O–H groups in total. The summed E-state index contributed by atoms with van der Waals surface area (Å²) in [6, 6.07) is 0. The summed E-state index contributed by atoms with van der Waals surface area (Å²) in [6.45, 7) is 16.7. The SMILES string of the molecule is CCCCCCOCCOCCOCCOCCOCCOCCO[Si](C)(C)C. The maximum atomic E-state index is 5.70. The summed E-state index contributed by atoms with van der Waals surface area (Å²) in [5.74, 6) is 0. The maximum Gasteiger partial charge on any atom is 0.183 e. The first-order chi connectivity index (χ1) is 14.1. The molecule has 0 aliphatic rings. The zero-order valence-electron chi connectivity index (χ0n) is 19.4. The van der Waals surface area contributed by atoms with Gasteiger partial charge in [0.15, 0.2) is 8.32 Å². The Labute approximate surface area is 179 Å². The molecule has 0 atom stereocenters. The number of hydrogen-bond donors (Lipinski definition) is 0. The molecule has 0 saturated heterocycles. The van der Waals surface area contributed by atoms with Crippen LogP contribution in [0.5, 0.6) is 0 Å². The highest BCUT2D eigenvalue weighted by Gasteiger charge is 2.12. The minimum Gasteiger partial charge on any atom is -0.415 e. The van der Waals surface area contributed by atoms with Gasteiger partial charge < -0.3 is 32.8 Å². The number of ether oxygens (including phenoxy) is 6. The van der Waals surface area contributed by atoms with E-state index >= 15 is 0 Å². The normalized spacial score (nSPS) is 12.0. The van der Waals surface area contributed by atoms with Gasteiger partial charge in [-0.3, -0.25) is 0 Å². The average Bonchev–Trinajstić information content (AvgIpc) is 2.67. The summed E-state index contributed by atoms with van der Waals surface area (Å²) >= 11 is 0. The first-order valence-corrected chi connectivity index (χ1v) is 14.6. The monoisotopic (exact) mass is 438 g/mol. The molecule has 0 amide bonds. The van der Waals surface area contributed by atoms with Crippen molar-refractivity contribution in [1.29, 1.82) is 0 Å². The van der Waals surface area contributed by atoms with Crippen LogP contribution in [0, 0.1) is 0 Å². The molecule has 0 saturated carbocycles. The van der Waals surface area contributed by atoms with Gasteiger partial charge in [-0.1, -0.05) is 26.2 Å². The van der Waals surface area contributed by atoms with Gasteiger partial charge in [0.1, 0.15) is 0 Å². The summed E-state index contributed by atoms with van der Waals surface area (Å²) in [6.07, 6.45) is 4.94. The Hall–Kier alpha value is -0.0631. The predicted molar refractivity (Wildman–Crippen MR) is 118 cm³/mol. The van der Waals surface area contributed by atoms with Crippen molar-refractivity contribution in [3.8, 4) is 0 Å². The number of hydrogen-bond acceptors (Lipinski definition) is 7. The first-order valence-electron chi connectivity index (χ1n) is 11.2. The van der Waals surface area contributed by atoms with E-state index < -0.39 is 8.32 Å². The van der Waals surface area contributed by atoms with Crippen LogP contribution in [-0.2, 0) is 32.8 Å². The van der Waals surface area contributed by atoms with Crippen LogP contribution in [0.4, 0.5) is 0 Å². The molecule has 0 aliphatic heterocycles. The Bertz CT molecular complexity index is 314. The van der Waals surface area contributed by atoms with Crippen molar-refractivity contribution < 1.29 is 32.8 Å². The zero-order chi connectivity index (χ0) is 21.5. The van der Waals surface area contributed by atoms with Gasteiger partial charge in [0.05, 0.1) is 79.3 Å². The molecule has 0 aromatic heterocycles. The van der Waals surface area contributed by atoms with Crippen LogP contribution in [0.15, 0.2) is 0 Å². The topological polar surface area (TPSA) is 64.6 Å². The minimum atomic E-state index is -1.42. The summed E-state index contributed by atoms with van der Waals surface area (Å²) < 4.78 is 38.5. The van der Waals surface area contributed by atoms with E-state index in [0.29, 0.717) is 79.3 Å². The van der Waals surface area contributed by atoms with Gasteiger partial charge in [0.25, 0.3) is 0 Å². The fourth-order valence-corrected chi connectivity index (χ4v) is 2.94. The summed E-state index contributed by atoms with van der Waals surface area (Å²) in [5, 5.41) is 0. The third-order valence-corrected chi connectivity index (χ3v) is 4.84. The number of unbranched alkanes of at least 4 members (excludes halogenated alkanes) is 3. The third kappa shape index (κ3) is 27.9. The summed E-state index contributed by atoms with van der Waals surface area (Å²) in [7, 11) is -1.42. The van der Waals surface area contributed by atoms with E-state index in [4.69, 9.17) is 32.8 Å². The van der Waals surface area contributed by atoms with Crippen molar-refractivity contribution >= 4 is 8.32 Å². The molecule has 0 fully saturated rings. The fraction of sp³-hybridized carbons (Fsp3) is 1.00. The smallest absolute Gasteiger partial charge is 0.183 e. The van der Waals surface area contributed by atoms with E-state index in [0.717, 1.165) is 13.0 Å². The second-order valence-corrected chi connectivity index (χ2v) is 12.2. The lowest BCUT2D eigenvalue weighted by molar-refractivity contribution is -0.0180. The van der Waals surface area contributed by atoms with Crippen LogP contribution in [0.3, 0.4) is 0 Å². The predicted octanol–water partition coefficient (Wildman–Crippen LogP) is 3.52. The Morgan fingerprint density at radius 3 is 1.10 bits per heavy atom. The summed E-state index contributed by atoms with van der Waals surface area (Å²) in [4.78, 5) is 0. The van der Waals surface area contributed by atoms with E-state index in [9.17, 15) is 0 Å². The Morgan fingerprint density at radius 2 is 0.759 bits per heavy atom. The molecule has 0 aromatic carbocycles. The van der Waals surface area contributed by atoms with E-state index in [1.54, 1.807) is 0 Å². The zero-order valence-corrected chi connectivity index (χ0v) is 20.4. The third-order valence-electron chi connectivity index (χ3n) is 3.77. The molecule has 0 unspecified atom stereocenters. The Morgan fingerprint density at radius 1 is 0.414 bits per heavy atom. The van der Waals surface area contributed by atoms with Gasteiger partial charge in [-0.15, -0.1) is 0 Å². The molecule has 0 heterocycles. The molecule has 0 bridgehead atoms. The van der Waals surface area contributed by atoms with Crippen molar-refractivity contribution in [3.05, 3.63) is 0 Å². The quantitative estimate of drug-likeness (QED) is 0.169. The van der Waals surface area contributed by atoms with Crippen LogP contribution in [-0.4, -0.2) is 94.2 Å². The Balaban J connectivity index is 3.02. The van der Waals surface area contributed by atoms with E-state index in [2.05, 4.69) is 26.6 Å². The Kier molecular flexibility index (Phi) is 22.6. The highest BCUT2D eigenvalue weighted by Crippen LogP contribution is 2.01. The average molecular weight is 439 g/mol. The molecule has 0 radical (unpaired) electrons. The molecule has 0 rings (SSSR count). The fourth-order valence-electron chi connectivity index (χ4n) is 2.24.